The fraction of sp³-hybridized carbons (Fsp3) is 0.385. The zero-order valence-electron chi connectivity index (χ0n) is 10.3. The Balaban J connectivity index is 1.95. The van der Waals surface area contributed by atoms with E-state index < -0.39 is 0 Å². The molecular formula is C13H16N4O. The maximum absolute atomic E-state index is 12.0. The van der Waals surface area contributed by atoms with Gasteiger partial charge in [0.2, 0.25) is 0 Å². The zero-order chi connectivity index (χ0) is 12.7. The molecule has 1 saturated heterocycles. The molecule has 2 aromatic heterocycles. The number of hydrogen-bond acceptors (Lipinski definition) is 4. The lowest BCUT2D eigenvalue weighted by Gasteiger charge is -2.36. The first-order chi connectivity index (χ1) is 8.61. The van der Waals surface area contributed by atoms with Gasteiger partial charge in [0.25, 0.3) is 5.56 Å². The summed E-state index contributed by atoms with van der Waals surface area (Å²) in [5.74, 6) is 0. The monoisotopic (exact) mass is 244 g/mol. The molecule has 0 unspecified atom stereocenters. The smallest absolute Gasteiger partial charge is 0.258 e. The van der Waals surface area contributed by atoms with Crippen LogP contribution in [0.2, 0.25) is 0 Å². The Labute approximate surface area is 105 Å². The van der Waals surface area contributed by atoms with Crippen molar-refractivity contribution >= 4 is 5.65 Å². The fourth-order valence-electron chi connectivity index (χ4n) is 2.31. The van der Waals surface area contributed by atoms with Gasteiger partial charge in [0, 0.05) is 37.9 Å². The molecule has 3 rings (SSSR count). The predicted octanol–water partition coefficient (Wildman–Crippen LogP) is 0.146. The Morgan fingerprint density at radius 3 is 2.94 bits per heavy atom. The summed E-state index contributed by atoms with van der Waals surface area (Å²) >= 11 is 0. The second-order valence-corrected chi connectivity index (χ2v) is 4.97. The maximum Gasteiger partial charge on any atom is 0.258 e. The zero-order valence-corrected chi connectivity index (χ0v) is 10.3. The number of nitrogens with zero attached hydrogens (tertiary/aromatic N) is 3. The van der Waals surface area contributed by atoms with E-state index in [-0.39, 0.29) is 11.6 Å². The van der Waals surface area contributed by atoms with Gasteiger partial charge >= 0.3 is 0 Å². The summed E-state index contributed by atoms with van der Waals surface area (Å²) in [7, 11) is 0. The third-order valence-electron chi connectivity index (χ3n) is 3.23. The van der Waals surface area contributed by atoms with Crippen molar-refractivity contribution in [2.75, 3.05) is 13.1 Å². The number of likely N-dealkylation sites (tertiary alicyclic amines) is 1. The van der Waals surface area contributed by atoms with Gasteiger partial charge in [0.15, 0.2) is 0 Å². The number of nitrogens with two attached hydrogens (primary N) is 1. The minimum atomic E-state index is -0.0245. The lowest BCUT2D eigenvalue weighted by Crippen LogP contribution is -2.55. The van der Waals surface area contributed by atoms with Crippen molar-refractivity contribution in [1.82, 2.24) is 14.3 Å². The summed E-state index contributed by atoms with van der Waals surface area (Å²) in [4.78, 5) is 18.7. The van der Waals surface area contributed by atoms with Crippen LogP contribution in [0.25, 0.3) is 5.65 Å². The second kappa shape index (κ2) is 4.19. The first-order valence-corrected chi connectivity index (χ1v) is 6.09. The van der Waals surface area contributed by atoms with Crippen molar-refractivity contribution in [3.05, 3.63) is 46.0 Å². The molecule has 1 aliphatic rings. The van der Waals surface area contributed by atoms with E-state index in [0.29, 0.717) is 12.2 Å². The van der Waals surface area contributed by atoms with Crippen LogP contribution in [0, 0.1) is 6.92 Å². The van der Waals surface area contributed by atoms with Gasteiger partial charge in [-0.25, -0.2) is 4.98 Å². The van der Waals surface area contributed by atoms with Gasteiger partial charge in [0.1, 0.15) is 5.65 Å². The first kappa shape index (κ1) is 11.4. The average molecular weight is 244 g/mol. The van der Waals surface area contributed by atoms with Gasteiger partial charge in [-0.1, -0.05) is 6.07 Å². The minimum Gasteiger partial charge on any atom is -0.325 e. The summed E-state index contributed by atoms with van der Waals surface area (Å²) < 4.78 is 1.58. The molecule has 1 fully saturated rings. The van der Waals surface area contributed by atoms with E-state index in [1.54, 1.807) is 10.5 Å². The Bertz CT molecular complexity index is 643. The quantitative estimate of drug-likeness (QED) is 0.816. The molecule has 2 aromatic rings. The van der Waals surface area contributed by atoms with Gasteiger partial charge in [-0.3, -0.25) is 14.1 Å². The van der Waals surface area contributed by atoms with Crippen molar-refractivity contribution in [2.45, 2.75) is 19.5 Å². The SMILES string of the molecule is Cc1ccc2nc(CN3CC(N)C3)cc(=O)n2c1. The van der Waals surface area contributed by atoms with Crippen molar-refractivity contribution in [1.29, 1.82) is 0 Å². The normalized spacial score (nSPS) is 17.0. The van der Waals surface area contributed by atoms with Gasteiger partial charge in [-0.15, -0.1) is 0 Å². The van der Waals surface area contributed by atoms with Crippen LogP contribution in [-0.4, -0.2) is 33.4 Å². The van der Waals surface area contributed by atoms with Crippen LogP contribution in [0.3, 0.4) is 0 Å². The summed E-state index contributed by atoms with van der Waals surface area (Å²) in [5.41, 5.74) is 8.27. The lowest BCUT2D eigenvalue weighted by molar-refractivity contribution is 0.140. The number of aromatic nitrogens is 2. The molecule has 0 bridgehead atoms. The molecule has 0 atom stereocenters. The van der Waals surface area contributed by atoms with E-state index in [9.17, 15) is 4.79 Å². The Morgan fingerprint density at radius 2 is 2.22 bits per heavy atom. The fourth-order valence-corrected chi connectivity index (χ4v) is 2.31. The summed E-state index contributed by atoms with van der Waals surface area (Å²) in [6, 6.07) is 5.72. The molecule has 2 N–H and O–H groups in total. The van der Waals surface area contributed by atoms with Gasteiger partial charge < -0.3 is 5.73 Å². The van der Waals surface area contributed by atoms with Crippen LogP contribution in [0.5, 0.6) is 0 Å². The molecule has 0 radical (unpaired) electrons. The third kappa shape index (κ3) is 2.02. The second-order valence-electron chi connectivity index (χ2n) is 4.97. The molecule has 1 aliphatic heterocycles. The van der Waals surface area contributed by atoms with E-state index in [4.69, 9.17) is 5.73 Å². The Hall–Kier alpha value is -1.72. The number of aryl methyl sites for hydroxylation is 1. The Kier molecular flexibility index (Phi) is 2.65. The molecular weight excluding hydrogens is 228 g/mol. The minimum absolute atomic E-state index is 0.0245. The molecule has 18 heavy (non-hydrogen) atoms. The van der Waals surface area contributed by atoms with E-state index in [1.165, 1.54) is 0 Å². The highest BCUT2D eigenvalue weighted by Crippen LogP contribution is 2.10. The number of fused-ring (bicyclic) bond motifs is 1. The molecule has 5 heteroatoms. The predicted molar refractivity (Wildman–Crippen MR) is 69.5 cm³/mol. The number of rotatable bonds is 2. The van der Waals surface area contributed by atoms with Crippen LogP contribution in [0.4, 0.5) is 0 Å². The summed E-state index contributed by atoms with van der Waals surface area (Å²) in [5, 5.41) is 0. The summed E-state index contributed by atoms with van der Waals surface area (Å²) in [6.45, 7) is 4.43. The van der Waals surface area contributed by atoms with Crippen LogP contribution >= 0.6 is 0 Å². The highest BCUT2D eigenvalue weighted by molar-refractivity contribution is 5.39. The molecule has 0 saturated carbocycles. The number of pyridine rings is 1. The van der Waals surface area contributed by atoms with Crippen molar-refractivity contribution in [2.24, 2.45) is 5.73 Å². The third-order valence-corrected chi connectivity index (χ3v) is 3.23. The van der Waals surface area contributed by atoms with Crippen molar-refractivity contribution in [3.63, 3.8) is 0 Å². The van der Waals surface area contributed by atoms with Crippen LogP contribution in [0.1, 0.15) is 11.3 Å². The average Bonchev–Trinajstić information content (AvgIpc) is 2.28. The van der Waals surface area contributed by atoms with Gasteiger partial charge in [-0.05, 0) is 18.6 Å². The first-order valence-electron chi connectivity index (χ1n) is 6.09. The highest BCUT2D eigenvalue weighted by atomic mass is 16.1. The van der Waals surface area contributed by atoms with E-state index in [0.717, 1.165) is 24.3 Å². The topological polar surface area (TPSA) is 63.6 Å². The number of hydrogen-bond donors (Lipinski definition) is 1. The van der Waals surface area contributed by atoms with Crippen LogP contribution in [0.15, 0.2) is 29.2 Å². The molecule has 0 aromatic carbocycles. The largest absolute Gasteiger partial charge is 0.325 e. The molecule has 94 valence electrons. The molecule has 3 heterocycles. The van der Waals surface area contributed by atoms with Crippen molar-refractivity contribution in [3.8, 4) is 0 Å². The molecule has 5 nitrogen and oxygen atoms in total. The van der Waals surface area contributed by atoms with E-state index in [2.05, 4.69) is 9.88 Å². The molecule has 0 aliphatic carbocycles. The van der Waals surface area contributed by atoms with Crippen LogP contribution in [-0.2, 0) is 6.54 Å². The summed E-state index contributed by atoms with van der Waals surface area (Å²) in [6.07, 6.45) is 1.81. The maximum atomic E-state index is 12.0. The van der Waals surface area contributed by atoms with E-state index >= 15 is 0 Å². The standard InChI is InChI=1S/C13H16N4O/c1-9-2-3-12-15-11(4-13(18)17(12)5-9)8-16-6-10(14)7-16/h2-5,10H,6-8,14H2,1H3. The van der Waals surface area contributed by atoms with E-state index in [1.807, 2.05) is 25.3 Å². The van der Waals surface area contributed by atoms with Crippen LogP contribution < -0.4 is 11.3 Å². The highest BCUT2D eigenvalue weighted by Gasteiger charge is 2.23. The molecule has 0 spiro atoms. The molecule has 0 amide bonds. The lowest BCUT2D eigenvalue weighted by atomic mass is 10.1. The Morgan fingerprint density at radius 1 is 1.44 bits per heavy atom. The van der Waals surface area contributed by atoms with Crippen molar-refractivity contribution < 1.29 is 0 Å². The van der Waals surface area contributed by atoms with Gasteiger partial charge in [0.05, 0.1) is 5.69 Å². The van der Waals surface area contributed by atoms with Gasteiger partial charge in [-0.2, -0.15) is 0 Å².